The van der Waals surface area contributed by atoms with E-state index in [1.807, 2.05) is 0 Å². The van der Waals surface area contributed by atoms with Crippen molar-refractivity contribution in [2.75, 3.05) is 0 Å². The average molecular weight is 387 g/mol. The molecule has 0 radical (unpaired) electrons. The quantitative estimate of drug-likeness (QED) is 0.627. The Morgan fingerprint density at radius 1 is 1.08 bits per heavy atom. The Kier molecular flexibility index (Phi) is 5.36. The maximum atomic E-state index is 13.2. The van der Waals surface area contributed by atoms with Gasteiger partial charge in [-0.25, -0.2) is 4.79 Å². The minimum absolute atomic E-state index is 0.368. The van der Waals surface area contributed by atoms with Crippen LogP contribution in [-0.2, 0) is 14.4 Å². The number of oxime groups is 1. The summed E-state index contributed by atoms with van der Waals surface area (Å²) < 4.78 is 67.8. The fourth-order valence-corrected chi connectivity index (χ4v) is 2.63. The fourth-order valence-electron chi connectivity index (χ4n) is 1.90. The Morgan fingerprint density at radius 2 is 1.65 bits per heavy atom. The van der Waals surface area contributed by atoms with Gasteiger partial charge in [-0.1, -0.05) is 35.0 Å². The highest BCUT2D eigenvalue weighted by Gasteiger charge is 2.38. The lowest BCUT2D eigenvalue weighted by atomic mass is 10.1. The highest BCUT2D eigenvalue weighted by atomic mass is 32.2. The molecule has 0 saturated heterocycles. The van der Waals surface area contributed by atoms with E-state index in [2.05, 4.69) is 9.44 Å². The molecule has 0 aliphatic rings. The molecule has 0 spiro atoms. The average Bonchev–Trinajstić information content (AvgIpc) is 2.54. The molecule has 2 aromatic rings. The minimum Gasteiger partial charge on any atom is -0.478 e. The predicted molar refractivity (Wildman–Crippen MR) is 85.4 cm³/mol. The number of carboxylic acids is 1. The first-order valence-corrected chi connectivity index (χ1v) is 8.41. The van der Waals surface area contributed by atoms with Crippen LogP contribution in [0.1, 0.15) is 21.5 Å². The fraction of sp³-hybridized carbons (Fsp3) is 0.125. The van der Waals surface area contributed by atoms with Gasteiger partial charge >= 0.3 is 22.3 Å². The predicted octanol–water partition coefficient (Wildman–Crippen LogP) is 3.37. The lowest BCUT2D eigenvalue weighted by Crippen LogP contribution is -2.25. The van der Waals surface area contributed by atoms with E-state index >= 15 is 0 Å². The van der Waals surface area contributed by atoms with Crippen LogP contribution in [0.5, 0.6) is 0 Å². The molecule has 0 heterocycles. The summed E-state index contributed by atoms with van der Waals surface area (Å²) in [6.07, 6.45) is -5.07. The van der Waals surface area contributed by atoms with Crippen molar-refractivity contribution < 1.29 is 35.8 Å². The molecule has 0 aliphatic carbocycles. The van der Waals surface area contributed by atoms with Gasteiger partial charge in [0.1, 0.15) is 4.90 Å². The monoisotopic (exact) mass is 387 g/mol. The number of aryl methyl sites for hydroxylation is 1. The van der Waals surface area contributed by atoms with Crippen LogP contribution in [0.3, 0.4) is 0 Å². The molecule has 0 saturated carbocycles. The van der Waals surface area contributed by atoms with Gasteiger partial charge in [0.2, 0.25) is 0 Å². The Bertz CT molecular complexity index is 951. The van der Waals surface area contributed by atoms with Gasteiger partial charge in [-0.3, -0.25) is 4.28 Å². The van der Waals surface area contributed by atoms with Gasteiger partial charge in [-0.2, -0.15) is 21.6 Å². The van der Waals surface area contributed by atoms with E-state index in [0.717, 1.165) is 29.8 Å². The molecule has 0 fully saturated rings. The van der Waals surface area contributed by atoms with Crippen LogP contribution in [-0.4, -0.2) is 31.4 Å². The summed E-state index contributed by atoms with van der Waals surface area (Å²) in [6.45, 7) is 1.70. The number of rotatable bonds is 5. The number of alkyl halides is 3. The van der Waals surface area contributed by atoms with Crippen molar-refractivity contribution in [3.8, 4) is 0 Å². The van der Waals surface area contributed by atoms with Crippen molar-refractivity contribution >= 4 is 21.8 Å². The Labute approximate surface area is 146 Å². The standard InChI is InChI=1S/C16H12F3NO5S/c1-10-5-7-13(8-6-10)26(23,24)25-20-14(16(17,18)19)11-3-2-4-12(9-11)15(21)22/h2-9H,1H3,(H,21,22)/b20-14-. The Balaban J connectivity index is 2.43. The van der Waals surface area contributed by atoms with Crippen LogP contribution in [0.2, 0.25) is 0 Å². The van der Waals surface area contributed by atoms with Crippen molar-refractivity contribution in [1.29, 1.82) is 0 Å². The second kappa shape index (κ2) is 7.16. The highest BCUT2D eigenvalue weighted by molar-refractivity contribution is 7.86. The second-order valence-corrected chi connectivity index (χ2v) is 6.69. The van der Waals surface area contributed by atoms with E-state index < -0.39 is 39.1 Å². The van der Waals surface area contributed by atoms with Crippen LogP contribution in [0.4, 0.5) is 13.2 Å². The van der Waals surface area contributed by atoms with Crippen molar-refractivity contribution in [1.82, 2.24) is 0 Å². The Hall–Kier alpha value is -2.88. The van der Waals surface area contributed by atoms with Gasteiger partial charge in [0.15, 0.2) is 5.71 Å². The molecule has 2 aromatic carbocycles. The van der Waals surface area contributed by atoms with Gasteiger partial charge in [0.25, 0.3) is 0 Å². The van der Waals surface area contributed by atoms with E-state index in [0.29, 0.717) is 0 Å². The third-order valence-electron chi connectivity index (χ3n) is 3.19. The molecule has 1 N–H and O–H groups in total. The number of hydrogen-bond donors (Lipinski definition) is 1. The molecular formula is C16H12F3NO5S. The highest BCUT2D eigenvalue weighted by Crippen LogP contribution is 2.24. The van der Waals surface area contributed by atoms with E-state index in [9.17, 15) is 26.4 Å². The number of hydrogen-bond acceptors (Lipinski definition) is 5. The van der Waals surface area contributed by atoms with Gasteiger partial charge in [-0.05, 0) is 31.2 Å². The zero-order valence-electron chi connectivity index (χ0n) is 13.2. The van der Waals surface area contributed by atoms with Gasteiger partial charge in [0, 0.05) is 5.56 Å². The number of nitrogens with zero attached hydrogens (tertiary/aromatic N) is 1. The number of benzene rings is 2. The van der Waals surface area contributed by atoms with E-state index in [1.165, 1.54) is 24.3 Å². The number of halogens is 3. The molecule has 26 heavy (non-hydrogen) atoms. The normalized spacial score (nSPS) is 12.7. The van der Waals surface area contributed by atoms with Crippen molar-refractivity contribution in [3.05, 3.63) is 65.2 Å². The van der Waals surface area contributed by atoms with Gasteiger partial charge in [-0.15, -0.1) is 0 Å². The largest absolute Gasteiger partial charge is 0.478 e. The van der Waals surface area contributed by atoms with E-state index in [1.54, 1.807) is 6.92 Å². The molecule has 0 atom stereocenters. The third-order valence-corrected chi connectivity index (χ3v) is 4.31. The first-order chi connectivity index (χ1) is 12.0. The van der Waals surface area contributed by atoms with Gasteiger partial charge in [0.05, 0.1) is 5.56 Å². The lowest BCUT2D eigenvalue weighted by molar-refractivity contribution is -0.0597. The molecule has 0 amide bonds. The minimum atomic E-state index is -5.07. The second-order valence-electron chi connectivity index (χ2n) is 5.17. The van der Waals surface area contributed by atoms with E-state index in [4.69, 9.17) is 5.11 Å². The molecule has 6 nitrogen and oxygen atoms in total. The number of carbonyl (C=O) groups is 1. The van der Waals surface area contributed by atoms with E-state index in [-0.39, 0.29) is 4.90 Å². The van der Waals surface area contributed by atoms with Crippen molar-refractivity contribution in [3.63, 3.8) is 0 Å². The Morgan fingerprint density at radius 3 is 2.19 bits per heavy atom. The zero-order chi connectivity index (χ0) is 19.5. The third kappa shape index (κ3) is 4.60. The topological polar surface area (TPSA) is 93.0 Å². The molecule has 2 rings (SSSR count). The summed E-state index contributed by atoms with van der Waals surface area (Å²) in [6, 6.07) is 9.05. The maximum absolute atomic E-state index is 13.2. The summed E-state index contributed by atoms with van der Waals surface area (Å²) in [5, 5.41) is 11.6. The van der Waals surface area contributed by atoms with Crippen LogP contribution in [0.15, 0.2) is 58.6 Å². The van der Waals surface area contributed by atoms with Crippen LogP contribution in [0.25, 0.3) is 0 Å². The van der Waals surface area contributed by atoms with Crippen molar-refractivity contribution in [2.24, 2.45) is 5.16 Å². The summed E-state index contributed by atoms with van der Waals surface area (Å²) in [7, 11) is -4.57. The smallest absolute Gasteiger partial charge is 0.437 e. The summed E-state index contributed by atoms with van der Waals surface area (Å²) in [4.78, 5) is 10.5. The molecular weight excluding hydrogens is 375 g/mol. The summed E-state index contributed by atoms with van der Waals surface area (Å²) in [5.74, 6) is -1.44. The summed E-state index contributed by atoms with van der Waals surface area (Å²) in [5.41, 5.74) is -1.98. The molecule has 0 aromatic heterocycles. The van der Waals surface area contributed by atoms with Crippen LogP contribution < -0.4 is 0 Å². The maximum Gasteiger partial charge on any atom is 0.437 e. The van der Waals surface area contributed by atoms with Gasteiger partial charge < -0.3 is 5.11 Å². The van der Waals surface area contributed by atoms with Crippen molar-refractivity contribution in [2.45, 2.75) is 18.0 Å². The SMILES string of the molecule is Cc1ccc(S(=O)(=O)O/N=C(/c2cccc(C(=O)O)c2)C(F)(F)F)cc1. The van der Waals surface area contributed by atoms with Crippen LogP contribution >= 0.6 is 0 Å². The number of aromatic carboxylic acids is 1. The molecule has 10 heteroatoms. The zero-order valence-corrected chi connectivity index (χ0v) is 14.0. The number of carboxylic acid groups (broad SMARTS) is 1. The van der Waals surface area contributed by atoms with Crippen LogP contribution in [0, 0.1) is 6.92 Å². The summed E-state index contributed by atoms with van der Waals surface area (Å²) >= 11 is 0. The molecule has 138 valence electrons. The first kappa shape index (κ1) is 19.4. The molecule has 0 unspecified atom stereocenters. The molecule has 0 bridgehead atoms. The molecule has 0 aliphatic heterocycles. The lowest BCUT2D eigenvalue weighted by Gasteiger charge is -2.11. The first-order valence-electron chi connectivity index (χ1n) is 7.00.